The van der Waals surface area contributed by atoms with E-state index in [-0.39, 0.29) is 24.5 Å². The molecule has 1 amide bonds. The molecule has 0 spiro atoms. The first-order valence-corrected chi connectivity index (χ1v) is 5.29. The molecule has 0 aromatic rings. The van der Waals surface area contributed by atoms with Crippen LogP contribution in [0.2, 0.25) is 0 Å². The minimum absolute atomic E-state index is 0.0937. The summed E-state index contributed by atoms with van der Waals surface area (Å²) in [7, 11) is 0. The highest BCUT2D eigenvalue weighted by molar-refractivity contribution is 5.81. The summed E-state index contributed by atoms with van der Waals surface area (Å²) < 4.78 is 5.15. The molecule has 1 saturated heterocycles. The highest BCUT2D eigenvalue weighted by Crippen LogP contribution is 2.32. The predicted molar refractivity (Wildman–Crippen MR) is 51.3 cm³/mol. The number of carboxylic acid groups (broad SMARTS) is 1. The number of amides is 1. The van der Waals surface area contributed by atoms with Crippen molar-refractivity contribution in [2.24, 2.45) is 5.92 Å². The zero-order valence-electron chi connectivity index (χ0n) is 8.52. The van der Waals surface area contributed by atoms with E-state index >= 15 is 0 Å². The van der Waals surface area contributed by atoms with E-state index in [1.165, 1.54) is 0 Å². The fourth-order valence-corrected chi connectivity index (χ4v) is 1.84. The van der Waals surface area contributed by atoms with Gasteiger partial charge in [0, 0.05) is 19.0 Å². The predicted octanol–water partition coefficient (Wildman–Crippen LogP) is 0.0985. The molecule has 1 unspecified atom stereocenters. The molecule has 2 fully saturated rings. The molecule has 1 saturated carbocycles. The van der Waals surface area contributed by atoms with Gasteiger partial charge < -0.3 is 14.7 Å². The summed E-state index contributed by atoms with van der Waals surface area (Å²) >= 11 is 0. The summed E-state index contributed by atoms with van der Waals surface area (Å²) in [6.07, 6.45) is 2.68. The number of carboxylic acids is 1. The second-order valence-corrected chi connectivity index (χ2v) is 4.17. The minimum atomic E-state index is -0.957. The van der Waals surface area contributed by atoms with Crippen molar-refractivity contribution in [2.75, 3.05) is 19.7 Å². The van der Waals surface area contributed by atoms with Gasteiger partial charge in [-0.1, -0.05) is 0 Å². The van der Waals surface area contributed by atoms with E-state index in [4.69, 9.17) is 9.84 Å². The lowest BCUT2D eigenvalue weighted by molar-refractivity contribution is -0.144. The van der Waals surface area contributed by atoms with Crippen molar-refractivity contribution in [1.82, 2.24) is 4.90 Å². The van der Waals surface area contributed by atoms with Gasteiger partial charge in [-0.2, -0.15) is 0 Å². The van der Waals surface area contributed by atoms with E-state index in [2.05, 4.69) is 0 Å². The van der Waals surface area contributed by atoms with Gasteiger partial charge in [-0.15, -0.1) is 0 Å². The SMILES string of the molecule is O=C(O)COC1CCN(C(=O)C2CC2)C1. The Labute approximate surface area is 88.0 Å². The highest BCUT2D eigenvalue weighted by atomic mass is 16.5. The summed E-state index contributed by atoms with van der Waals surface area (Å²) in [5.74, 6) is -0.499. The Morgan fingerprint density at radius 1 is 1.33 bits per heavy atom. The first-order valence-electron chi connectivity index (χ1n) is 5.29. The molecule has 84 valence electrons. The first-order chi connectivity index (χ1) is 7.16. The van der Waals surface area contributed by atoms with Crippen molar-refractivity contribution in [3.63, 3.8) is 0 Å². The van der Waals surface area contributed by atoms with Crippen molar-refractivity contribution in [2.45, 2.75) is 25.4 Å². The van der Waals surface area contributed by atoms with Crippen LogP contribution in [0.1, 0.15) is 19.3 Å². The first kappa shape index (κ1) is 10.4. The average Bonchev–Trinajstić information content (AvgIpc) is 2.93. The molecular weight excluding hydrogens is 198 g/mol. The van der Waals surface area contributed by atoms with Crippen LogP contribution in [0.25, 0.3) is 0 Å². The van der Waals surface area contributed by atoms with Crippen LogP contribution < -0.4 is 0 Å². The Balaban J connectivity index is 1.73. The van der Waals surface area contributed by atoms with Crippen LogP contribution in [0.5, 0.6) is 0 Å². The van der Waals surface area contributed by atoms with Gasteiger partial charge in [0.15, 0.2) is 0 Å². The molecule has 0 aromatic heterocycles. The van der Waals surface area contributed by atoms with Crippen molar-refractivity contribution in [3.05, 3.63) is 0 Å². The summed E-state index contributed by atoms with van der Waals surface area (Å²) in [5.41, 5.74) is 0. The number of aliphatic carboxylic acids is 1. The average molecular weight is 213 g/mol. The molecule has 1 N–H and O–H groups in total. The van der Waals surface area contributed by atoms with Crippen molar-refractivity contribution < 1.29 is 19.4 Å². The molecular formula is C10H15NO4. The largest absolute Gasteiger partial charge is 0.480 e. The Hall–Kier alpha value is -1.10. The van der Waals surface area contributed by atoms with Gasteiger partial charge in [0.2, 0.25) is 5.91 Å². The molecule has 5 heteroatoms. The van der Waals surface area contributed by atoms with E-state index < -0.39 is 5.97 Å². The van der Waals surface area contributed by atoms with Crippen LogP contribution in [0.3, 0.4) is 0 Å². The molecule has 1 atom stereocenters. The van der Waals surface area contributed by atoms with Crippen LogP contribution in [-0.4, -0.2) is 47.7 Å². The van der Waals surface area contributed by atoms with Gasteiger partial charge >= 0.3 is 5.97 Å². The quantitative estimate of drug-likeness (QED) is 0.719. The third-order valence-electron chi connectivity index (χ3n) is 2.83. The highest BCUT2D eigenvalue weighted by Gasteiger charge is 2.36. The third kappa shape index (κ3) is 2.68. The zero-order valence-corrected chi connectivity index (χ0v) is 8.52. The van der Waals surface area contributed by atoms with Gasteiger partial charge in [0.25, 0.3) is 0 Å². The third-order valence-corrected chi connectivity index (χ3v) is 2.83. The fraction of sp³-hybridized carbons (Fsp3) is 0.800. The molecule has 0 bridgehead atoms. The lowest BCUT2D eigenvalue weighted by Gasteiger charge is -2.15. The second kappa shape index (κ2) is 4.18. The molecule has 0 radical (unpaired) electrons. The van der Waals surface area contributed by atoms with Gasteiger partial charge in [-0.25, -0.2) is 4.79 Å². The van der Waals surface area contributed by atoms with Crippen molar-refractivity contribution in [3.8, 4) is 0 Å². The summed E-state index contributed by atoms with van der Waals surface area (Å²) in [6.45, 7) is 0.998. The summed E-state index contributed by atoms with van der Waals surface area (Å²) in [4.78, 5) is 23.7. The molecule has 1 heterocycles. The number of carbonyl (C=O) groups is 2. The molecule has 1 aliphatic carbocycles. The molecule has 2 rings (SSSR count). The maximum absolute atomic E-state index is 11.6. The lowest BCUT2D eigenvalue weighted by atomic mass is 10.3. The molecule has 0 aromatic carbocycles. The van der Waals surface area contributed by atoms with Crippen molar-refractivity contribution >= 4 is 11.9 Å². The maximum atomic E-state index is 11.6. The van der Waals surface area contributed by atoms with E-state index in [9.17, 15) is 9.59 Å². The van der Waals surface area contributed by atoms with Crippen LogP contribution in [0.15, 0.2) is 0 Å². The Morgan fingerprint density at radius 3 is 2.67 bits per heavy atom. The van der Waals surface area contributed by atoms with Gasteiger partial charge in [0.05, 0.1) is 6.10 Å². The standard InChI is InChI=1S/C10H15NO4/c12-9(13)6-15-8-3-4-11(5-8)10(14)7-1-2-7/h7-8H,1-6H2,(H,12,13). The van der Waals surface area contributed by atoms with Crippen LogP contribution in [0.4, 0.5) is 0 Å². The van der Waals surface area contributed by atoms with E-state index in [1.807, 2.05) is 0 Å². The molecule has 15 heavy (non-hydrogen) atoms. The number of hydrogen-bond donors (Lipinski definition) is 1. The number of hydrogen-bond acceptors (Lipinski definition) is 3. The molecule has 5 nitrogen and oxygen atoms in total. The zero-order chi connectivity index (χ0) is 10.8. The Kier molecular flexibility index (Phi) is 2.90. The van der Waals surface area contributed by atoms with E-state index in [0.29, 0.717) is 13.1 Å². The number of nitrogens with zero attached hydrogens (tertiary/aromatic N) is 1. The second-order valence-electron chi connectivity index (χ2n) is 4.17. The Bertz CT molecular complexity index is 275. The lowest BCUT2D eigenvalue weighted by Crippen LogP contribution is -2.31. The van der Waals surface area contributed by atoms with Crippen LogP contribution in [0, 0.1) is 5.92 Å². The number of likely N-dealkylation sites (tertiary alicyclic amines) is 1. The molecule has 2 aliphatic rings. The van der Waals surface area contributed by atoms with Crippen molar-refractivity contribution in [1.29, 1.82) is 0 Å². The molecule has 1 aliphatic heterocycles. The van der Waals surface area contributed by atoms with Gasteiger partial charge in [-0.3, -0.25) is 4.79 Å². The monoisotopic (exact) mass is 213 g/mol. The van der Waals surface area contributed by atoms with E-state index in [1.54, 1.807) is 4.90 Å². The van der Waals surface area contributed by atoms with Crippen LogP contribution in [-0.2, 0) is 14.3 Å². The number of carbonyl (C=O) groups excluding carboxylic acids is 1. The smallest absolute Gasteiger partial charge is 0.329 e. The Morgan fingerprint density at radius 2 is 2.07 bits per heavy atom. The van der Waals surface area contributed by atoms with Gasteiger partial charge in [0.1, 0.15) is 6.61 Å². The number of rotatable bonds is 4. The summed E-state index contributed by atoms with van der Waals surface area (Å²) in [6, 6.07) is 0. The fourth-order valence-electron chi connectivity index (χ4n) is 1.84. The van der Waals surface area contributed by atoms with E-state index in [0.717, 1.165) is 19.3 Å². The van der Waals surface area contributed by atoms with Crippen LogP contribution >= 0.6 is 0 Å². The summed E-state index contributed by atoms with van der Waals surface area (Å²) in [5, 5.41) is 8.44. The number of ether oxygens (including phenoxy) is 1. The minimum Gasteiger partial charge on any atom is -0.480 e. The topological polar surface area (TPSA) is 66.8 Å². The normalized spacial score (nSPS) is 25.6. The maximum Gasteiger partial charge on any atom is 0.329 e. The van der Waals surface area contributed by atoms with Gasteiger partial charge in [-0.05, 0) is 19.3 Å².